The van der Waals surface area contributed by atoms with Gasteiger partial charge in [0.15, 0.2) is 0 Å². The van der Waals surface area contributed by atoms with Crippen LogP contribution in [-0.4, -0.2) is 60.0 Å². The van der Waals surface area contributed by atoms with Crippen LogP contribution in [0.3, 0.4) is 0 Å². The predicted octanol–water partition coefficient (Wildman–Crippen LogP) is -0.977. The van der Waals surface area contributed by atoms with E-state index in [0.29, 0.717) is 12.6 Å². The SMILES string of the molecule is CCN(CC(O)CO)C1CCNC1. The molecule has 2 unspecified atom stereocenters. The molecule has 0 aromatic rings. The summed E-state index contributed by atoms with van der Waals surface area (Å²) in [4.78, 5) is 2.22. The van der Waals surface area contributed by atoms with Crippen LogP contribution in [0.15, 0.2) is 0 Å². The van der Waals surface area contributed by atoms with E-state index in [0.717, 1.165) is 26.1 Å². The van der Waals surface area contributed by atoms with Crippen LogP contribution in [0, 0.1) is 0 Å². The number of nitrogens with zero attached hydrogens (tertiary/aromatic N) is 1. The van der Waals surface area contributed by atoms with E-state index < -0.39 is 6.10 Å². The molecule has 1 aliphatic rings. The normalized spacial score (nSPS) is 25.4. The summed E-state index contributed by atoms with van der Waals surface area (Å²) in [5, 5.41) is 21.3. The van der Waals surface area contributed by atoms with Crippen LogP contribution >= 0.6 is 0 Å². The van der Waals surface area contributed by atoms with Gasteiger partial charge in [0.25, 0.3) is 0 Å². The van der Waals surface area contributed by atoms with Gasteiger partial charge in [0, 0.05) is 19.1 Å². The summed E-state index contributed by atoms with van der Waals surface area (Å²) in [7, 11) is 0. The lowest BCUT2D eigenvalue weighted by Crippen LogP contribution is -2.42. The Morgan fingerprint density at radius 3 is 2.85 bits per heavy atom. The summed E-state index contributed by atoms with van der Waals surface area (Å²) in [6.45, 7) is 5.53. The summed E-state index contributed by atoms with van der Waals surface area (Å²) in [5.74, 6) is 0. The van der Waals surface area contributed by atoms with E-state index in [1.54, 1.807) is 0 Å². The van der Waals surface area contributed by atoms with E-state index in [1.165, 1.54) is 0 Å². The predicted molar refractivity (Wildman–Crippen MR) is 51.6 cm³/mol. The maximum Gasteiger partial charge on any atom is 0.0897 e. The second-order valence-corrected chi connectivity index (χ2v) is 3.57. The highest BCUT2D eigenvalue weighted by Gasteiger charge is 2.22. The average Bonchev–Trinajstić information content (AvgIpc) is 2.66. The number of nitrogens with one attached hydrogen (secondary N) is 1. The minimum atomic E-state index is -0.597. The van der Waals surface area contributed by atoms with Gasteiger partial charge >= 0.3 is 0 Å². The molecule has 0 aromatic carbocycles. The number of hydrogen-bond donors (Lipinski definition) is 3. The van der Waals surface area contributed by atoms with Crippen molar-refractivity contribution >= 4 is 0 Å². The molecule has 1 aliphatic heterocycles. The molecule has 0 radical (unpaired) electrons. The fourth-order valence-electron chi connectivity index (χ4n) is 1.82. The second kappa shape index (κ2) is 5.54. The van der Waals surface area contributed by atoms with Gasteiger partial charge in [0.1, 0.15) is 0 Å². The van der Waals surface area contributed by atoms with Crippen LogP contribution in [0.5, 0.6) is 0 Å². The van der Waals surface area contributed by atoms with Crippen molar-refractivity contribution < 1.29 is 10.2 Å². The zero-order valence-electron chi connectivity index (χ0n) is 8.24. The zero-order chi connectivity index (χ0) is 9.68. The zero-order valence-corrected chi connectivity index (χ0v) is 8.24. The van der Waals surface area contributed by atoms with Crippen molar-refractivity contribution in [3.8, 4) is 0 Å². The van der Waals surface area contributed by atoms with E-state index in [-0.39, 0.29) is 6.61 Å². The maximum absolute atomic E-state index is 9.31. The van der Waals surface area contributed by atoms with Gasteiger partial charge in [-0.3, -0.25) is 4.90 Å². The Labute approximate surface area is 79.6 Å². The number of hydrogen-bond acceptors (Lipinski definition) is 4. The first-order valence-corrected chi connectivity index (χ1v) is 5.01. The second-order valence-electron chi connectivity index (χ2n) is 3.57. The van der Waals surface area contributed by atoms with Gasteiger partial charge in [-0.2, -0.15) is 0 Å². The number of rotatable bonds is 5. The molecule has 13 heavy (non-hydrogen) atoms. The first-order valence-electron chi connectivity index (χ1n) is 5.01. The third kappa shape index (κ3) is 3.23. The minimum Gasteiger partial charge on any atom is -0.394 e. The fourth-order valence-corrected chi connectivity index (χ4v) is 1.82. The molecule has 0 aromatic heterocycles. The first kappa shape index (κ1) is 10.9. The molecule has 78 valence electrons. The number of likely N-dealkylation sites (N-methyl/N-ethyl adjacent to an activating group) is 1. The third-order valence-corrected chi connectivity index (χ3v) is 2.61. The summed E-state index contributed by atoms with van der Waals surface area (Å²) in [6, 6.07) is 0.534. The first-order chi connectivity index (χ1) is 6.27. The Hall–Kier alpha value is -0.160. The molecule has 0 amide bonds. The van der Waals surface area contributed by atoms with Crippen LogP contribution in [0.4, 0.5) is 0 Å². The standard InChI is InChI=1S/C9H20N2O2/c1-2-11(6-9(13)7-12)8-3-4-10-5-8/h8-10,12-13H,2-7H2,1H3. The molecule has 1 rings (SSSR count). The van der Waals surface area contributed by atoms with Crippen LogP contribution < -0.4 is 5.32 Å². The van der Waals surface area contributed by atoms with E-state index in [9.17, 15) is 5.11 Å². The van der Waals surface area contributed by atoms with E-state index in [2.05, 4.69) is 17.1 Å². The van der Waals surface area contributed by atoms with E-state index in [4.69, 9.17) is 5.11 Å². The molecule has 1 saturated heterocycles. The van der Waals surface area contributed by atoms with E-state index in [1.807, 2.05) is 0 Å². The molecule has 4 nitrogen and oxygen atoms in total. The van der Waals surface area contributed by atoms with Crippen LogP contribution in [0.1, 0.15) is 13.3 Å². The lowest BCUT2D eigenvalue weighted by atomic mass is 10.2. The average molecular weight is 188 g/mol. The van der Waals surface area contributed by atoms with Crippen molar-refractivity contribution in [2.45, 2.75) is 25.5 Å². The fraction of sp³-hybridized carbons (Fsp3) is 1.00. The topological polar surface area (TPSA) is 55.7 Å². The van der Waals surface area contributed by atoms with Crippen LogP contribution in [0.25, 0.3) is 0 Å². The monoisotopic (exact) mass is 188 g/mol. The van der Waals surface area contributed by atoms with Crippen LogP contribution in [0.2, 0.25) is 0 Å². The maximum atomic E-state index is 9.31. The summed E-state index contributed by atoms with van der Waals surface area (Å²) in [6.07, 6.45) is 0.548. The minimum absolute atomic E-state index is 0.142. The Bertz CT molecular complexity index is 138. The third-order valence-electron chi connectivity index (χ3n) is 2.61. The molecule has 2 atom stereocenters. The molecule has 0 spiro atoms. The number of aliphatic hydroxyl groups excluding tert-OH is 2. The molecule has 0 saturated carbocycles. The van der Waals surface area contributed by atoms with Crippen molar-refractivity contribution in [1.29, 1.82) is 0 Å². The molecule has 1 fully saturated rings. The Balaban J connectivity index is 2.32. The molecular weight excluding hydrogens is 168 g/mol. The molecular formula is C9H20N2O2. The van der Waals surface area contributed by atoms with Crippen molar-refractivity contribution in [3.63, 3.8) is 0 Å². The highest BCUT2D eigenvalue weighted by Crippen LogP contribution is 2.08. The highest BCUT2D eigenvalue weighted by molar-refractivity contribution is 4.81. The van der Waals surface area contributed by atoms with Gasteiger partial charge in [0.05, 0.1) is 12.7 Å². The Kier molecular flexibility index (Phi) is 4.66. The molecule has 1 heterocycles. The molecule has 4 heteroatoms. The van der Waals surface area contributed by atoms with Gasteiger partial charge in [-0.05, 0) is 19.5 Å². The smallest absolute Gasteiger partial charge is 0.0897 e. The number of aliphatic hydroxyl groups is 2. The van der Waals surface area contributed by atoms with Crippen molar-refractivity contribution in [1.82, 2.24) is 10.2 Å². The van der Waals surface area contributed by atoms with Crippen molar-refractivity contribution in [2.24, 2.45) is 0 Å². The summed E-state index contributed by atoms with van der Waals surface area (Å²) < 4.78 is 0. The lowest BCUT2D eigenvalue weighted by Gasteiger charge is -2.28. The molecule has 0 bridgehead atoms. The quantitative estimate of drug-likeness (QED) is 0.519. The van der Waals surface area contributed by atoms with Gasteiger partial charge in [-0.15, -0.1) is 0 Å². The van der Waals surface area contributed by atoms with E-state index >= 15 is 0 Å². The van der Waals surface area contributed by atoms with Crippen LogP contribution in [-0.2, 0) is 0 Å². The van der Waals surface area contributed by atoms with Gasteiger partial charge in [-0.25, -0.2) is 0 Å². The summed E-state index contributed by atoms with van der Waals surface area (Å²) >= 11 is 0. The largest absolute Gasteiger partial charge is 0.394 e. The Morgan fingerprint density at radius 1 is 1.62 bits per heavy atom. The van der Waals surface area contributed by atoms with Gasteiger partial charge in [-0.1, -0.05) is 6.92 Å². The Morgan fingerprint density at radius 2 is 2.38 bits per heavy atom. The molecule has 3 N–H and O–H groups in total. The van der Waals surface area contributed by atoms with Gasteiger partial charge < -0.3 is 15.5 Å². The van der Waals surface area contributed by atoms with Gasteiger partial charge in [0.2, 0.25) is 0 Å². The van der Waals surface area contributed by atoms with Crippen molar-refractivity contribution in [2.75, 3.05) is 32.8 Å². The highest BCUT2D eigenvalue weighted by atomic mass is 16.3. The molecule has 0 aliphatic carbocycles. The lowest BCUT2D eigenvalue weighted by molar-refractivity contribution is 0.0491. The van der Waals surface area contributed by atoms with Crippen molar-refractivity contribution in [3.05, 3.63) is 0 Å². The summed E-state index contributed by atoms with van der Waals surface area (Å²) in [5.41, 5.74) is 0.